The van der Waals surface area contributed by atoms with E-state index in [9.17, 15) is 0 Å². The van der Waals surface area contributed by atoms with Crippen molar-refractivity contribution in [2.75, 3.05) is 5.32 Å². The van der Waals surface area contributed by atoms with Gasteiger partial charge in [0.25, 0.3) is 0 Å². The van der Waals surface area contributed by atoms with Gasteiger partial charge < -0.3 is 5.32 Å². The first kappa shape index (κ1) is 37.9. The van der Waals surface area contributed by atoms with Gasteiger partial charge in [0.15, 0.2) is 0 Å². The van der Waals surface area contributed by atoms with E-state index in [-0.39, 0.29) is 0 Å². The van der Waals surface area contributed by atoms with Crippen molar-refractivity contribution in [3.63, 3.8) is 0 Å². The van der Waals surface area contributed by atoms with Crippen LogP contribution in [0.4, 0.5) is 11.4 Å². The van der Waals surface area contributed by atoms with Gasteiger partial charge in [-0.25, -0.2) is 0 Å². The third-order valence-electron chi connectivity index (χ3n) is 14.5. The molecule has 0 amide bonds. The monoisotopic (exact) mass is 845 g/mol. The first-order valence-electron chi connectivity index (χ1n) is 22.6. The summed E-state index contributed by atoms with van der Waals surface area (Å²) < 4.78 is 0. The second-order valence-corrected chi connectivity index (χ2v) is 18.6. The van der Waals surface area contributed by atoms with Crippen LogP contribution in [-0.2, 0) is 16.2 Å². The summed E-state index contributed by atoms with van der Waals surface area (Å²) in [4.78, 5) is 2.51. The maximum atomic E-state index is 4.08. The summed E-state index contributed by atoms with van der Waals surface area (Å²) in [6, 6.07) is 95.1. The molecule has 10 aromatic rings. The van der Waals surface area contributed by atoms with Gasteiger partial charge in [-0.05, 0) is 102 Å². The summed E-state index contributed by atoms with van der Waals surface area (Å²) in [6.45, 7) is 0. The summed E-state index contributed by atoms with van der Waals surface area (Å²) in [5.74, 6) is 0. The Morgan fingerprint density at radius 1 is 0.277 bits per heavy atom. The van der Waals surface area contributed by atoms with Crippen molar-refractivity contribution in [1.29, 1.82) is 0 Å². The molecule has 0 unspecified atom stereocenters. The summed E-state index contributed by atoms with van der Waals surface area (Å²) >= 11 is 1.88. The van der Waals surface area contributed by atoms with Crippen LogP contribution in [0.5, 0.6) is 0 Å². The summed E-state index contributed by atoms with van der Waals surface area (Å²) in [7, 11) is 0. The van der Waals surface area contributed by atoms with Crippen LogP contribution in [0.1, 0.15) is 66.8 Å². The number of nitrogens with one attached hydrogen (secondary N) is 1. The molecule has 10 aromatic carbocycles. The molecule has 1 spiro atoms. The topological polar surface area (TPSA) is 12.0 Å². The number of benzene rings is 10. The second-order valence-electron chi connectivity index (χ2n) is 17.5. The molecule has 1 aliphatic heterocycles. The van der Waals surface area contributed by atoms with Gasteiger partial charge in [-0.15, -0.1) is 0 Å². The average molecular weight is 846 g/mol. The van der Waals surface area contributed by atoms with Crippen molar-refractivity contribution in [3.05, 3.63) is 322 Å². The molecular formula is C63H43NS. The molecule has 13 rings (SSSR count). The lowest BCUT2D eigenvalue weighted by atomic mass is 9.50. The SMILES string of the molecule is c1ccc(C2(c3ccccc3)c3ccccc3-c3ccc(Nc4cccc5c4Sc4ccccc4C54c5ccccc5C(c5ccccc5)(c5ccccc5)c5ccccc54)cc32)cc1. The highest BCUT2D eigenvalue weighted by Crippen LogP contribution is 2.65. The third kappa shape index (κ3) is 5.17. The van der Waals surface area contributed by atoms with Crippen molar-refractivity contribution in [3.8, 4) is 11.1 Å². The Kier molecular flexibility index (Phi) is 8.57. The maximum Gasteiger partial charge on any atom is 0.0730 e. The van der Waals surface area contributed by atoms with Gasteiger partial charge in [-0.3, -0.25) is 0 Å². The molecule has 2 heteroatoms. The van der Waals surface area contributed by atoms with Gasteiger partial charge in [0.1, 0.15) is 0 Å². The Morgan fingerprint density at radius 3 is 1.22 bits per heavy atom. The minimum absolute atomic E-state index is 0.487. The lowest BCUT2D eigenvalue weighted by Gasteiger charge is -2.52. The van der Waals surface area contributed by atoms with E-state index in [2.05, 4.69) is 260 Å². The Labute approximate surface area is 385 Å². The largest absolute Gasteiger partial charge is 0.355 e. The van der Waals surface area contributed by atoms with Crippen molar-refractivity contribution in [2.45, 2.75) is 26.0 Å². The lowest BCUT2D eigenvalue weighted by molar-refractivity contribution is 0.599. The van der Waals surface area contributed by atoms with Gasteiger partial charge >= 0.3 is 0 Å². The predicted molar refractivity (Wildman–Crippen MR) is 268 cm³/mol. The van der Waals surface area contributed by atoms with Gasteiger partial charge in [-0.1, -0.05) is 242 Å². The molecule has 0 saturated heterocycles. The van der Waals surface area contributed by atoms with E-state index in [0.29, 0.717) is 0 Å². The predicted octanol–water partition coefficient (Wildman–Crippen LogP) is 15.3. The van der Waals surface area contributed by atoms with E-state index >= 15 is 0 Å². The zero-order chi connectivity index (χ0) is 43.0. The van der Waals surface area contributed by atoms with Crippen LogP contribution >= 0.6 is 11.8 Å². The highest BCUT2D eigenvalue weighted by molar-refractivity contribution is 7.99. The summed E-state index contributed by atoms with van der Waals surface area (Å²) in [5, 5.41) is 4.08. The smallest absolute Gasteiger partial charge is 0.0730 e. The second kappa shape index (κ2) is 14.7. The highest BCUT2D eigenvalue weighted by Gasteiger charge is 2.56. The van der Waals surface area contributed by atoms with Crippen LogP contribution in [-0.4, -0.2) is 0 Å². The van der Waals surface area contributed by atoms with Gasteiger partial charge in [0.2, 0.25) is 0 Å². The first-order chi connectivity index (χ1) is 32.2. The van der Waals surface area contributed by atoms with Crippen molar-refractivity contribution in [2.24, 2.45) is 0 Å². The molecular weight excluding hydrogens is 803 g/mol. The standard InChI is InChI=1S/C63H43NS/c1-5-22-43(23-6-1)61(44-24-7-2-8-25-44)50-31-14-13-30-48(50)49-41-40-47(42-57(49)61)64-58-38-21-37-56-60(58)65-59-39-20-19-36-55(59)63(56)53-34-17-15-32-51(53)62(45-26-9-3-10-27-45,46-28-11-4-12-29-46)52-33-16-18-35-54(52)63/h1-42,64H. The normalized spacial score (nSPS) is 15.1. The van der Waals surface area contributed by atoms with Crippen LogP contribution in [0.2, 0.25) is 0 Å². The van der Waals surface area contributed by atoms with Crippen molar-refractivity contribution in [1.82, 2.24) is 0 Å². The molecule has 1 heterocycles. The van der Waals surface area contributed by atoms with Gasteiger partial charge in [-0.2, -0.15) is 0 Å². The highest BCUT2D eigenvalue weighted by atomic mass is 32.2. The summed E-state index contributed by atoms with van der Waals surface area (Å²) in [6.07, 6.45) is 0. The number of rotatable bonds is 6. The zero-order valence-corrected chi connectivity index (χ0v) is 36.5. The Bertz CT molecular complexity index is 3300. The third-order valence-corrected chi connectivity index (χ3v) is 15.8. The minimum atomic E-state index is -0.607. The fourth-order valence-electron chi connectivity index (χ4n) is 12.1. The van der Waals surface area contributed by atoms with E-state index in [0.717, 1.165) is 11.4 Å². The molecule has 0 atom stereocenters. The van der Waals surface area contributed by atoms with E-state index < -0.39 is 16.2 Å². The molecule has 0 bridgehead atoms. The minimum Gasteiger partial charge on any atom is -0.355 e. The Balaban J connectivity index is 1.05. The number of anilines is 2. The van der Waals surface area contributed by atoms with Crippen LogP contribution in [0, 0.1) is 0 Å². The quantitative estimate of drug-likeness (QED) is 0.179. The molecule has 1 nitrogen and oxygen atoms in total. The van der Waals surface area contributed by atoms with E-state index in [1.54, 1.807) is 0 Å². The Morgan fingerprint density at radius 2 is 0.677 bits per heavy atom. The molecule has 0 fully saturated rings. The molecule has 3 aliphatic rings. The zero-order valence-electron chi connectivity index (χ0n) is 35.7. The first-order valence-corrected chi connectivity index (χ1v) is 23.4. The molecule has 0 radical (unpaired) electrons. The number of hydrogen-bond donors (Lipinski definition) is 1. The van der Waals surface area contributed by atoms with E-state index in [1.807, 2.05) is 11.8 Å². The van der Waals surface area contributed by atoms with E-state index in [4.69, 9.17) is 0 Å². The van der Waals surface area contributed by atoms with Crippen LogP contribution in [0.3, 0.4) is 0 Å². The van der Waals surface area contributed by atoms with Gasteiger partial charge in [0.05, 0.1) is 21.9 Å². The van der Waals surface area contributed by atoms with Gasteiger partial charge in [0, 0.05) is 15.5 Å². The number of fused-ring (bicyclic) bond motifs is 11. The van der Waals surface area contributed by atoms with Crippen LogP contribution in [0.25, 0.3) is 11.1 Å². The van der Waals surface area contributed by atoms with Crippen molar-refractivity contribution >= 4 is 23.1 Å². The molecule has 1 N–H and O–H groups in total. The van der Waals surface area contributed by atoms with Crippen LogP contribution in [0.15, 0.2) is 265 Å². The fraction of sp³-hybridized carbons (Fsp3) is 0.0476. The summed E-state index contributed by atoms with van der Waals surface area (Å²) in [5.41, 5.74) is 18.5. The lowest BCUT2D eigenvalue weighted by Crippen LogP contribution is -2.46. The molecule has 2 aliphatic carbocycles. The maximum absolute atomic E-state index is 4.08. The fourth-order valence-corrected chi connectivity index (χ4v) is 13.4. The molecule has 306 valence electrons. The molecule has 0 aromatic heterocycles. The Hall–Kier alpha value is -7.65. The van der Waals surface area contributed by atoms with Crippen molar-refractivity contribution < 1.29 is 0 Å². The van der Waals surface area contributed by atoms with Crippen LogP contribution < -0.4 is 5.32 Å². The molecule has 65 heavy (non-hydrogen) atoms. The molecule has 0 saturated carbocycles. The average Bonchev–Trinajstić information content (AvgIpc) is 3.68. The number of hydrogen-bond acceptors (Lipinski definition) is 2. The van der Waals surface area contributed by atoms with E-state index in [1.165, 1.54) is 87.7 Å².